The molecule has 0 aliphatic carbocycles. The lowest BCUT2D eigenvalue weighted by Gasteiger charge is -2.38. The van der Waals surface area contributed by atoms with Crippen molar-refractivity contribution in [2.45, 2.75) is 12.5 Å². The van der Waals surface area contributed by atoms with Crippen molar-refractivity contribution in [3.8, 4) is 5.75 Å². The van der Waals surface area contributed by atoms with E-state index in [1.807, 2.05) is 59.5 Å². The van der Waals surface area contributed by atoms with Crippen molar-refractivity contribution >= 4 is 17.5 Å². The van der Waals surface area contributed by atoms with E-state index in [0.717, 1.165) is 17.5 Å². The Labute approximate surface area is 164 Å². The second kappa shape index (κ2) is 7.45. The van der Waals surface area contributed by atoms with Crippen LogP contribution in [0.1, 0.15) is 33.1 Å². The summed E-state index contributed by atoms with van der Waals surface area (Å²) < 4.78 is 5.29. The van der Waals surface area contributed by atoms with Crippen LogP contribution in [0.4, 0.5) is 0 Å². The first-order valence-electron chi connectivity index (χ1n) is 8.96. The Bertz CT molecular complexity index is 985. The molecule has 1 aliphatic rings. The van der Waals surface area contributed by atoms with E-state index in [2.05, 4.69) is 12.1 Å². The summed E-state index contributed by atoms with van der Waals surface area (Å²) in [6, 6.07) is 23.1. The molecule has 136 valence electrons. The molecule has 1 amide bonds. The fourth-order valence-corrected chi connectivity index (χ4v) is 3.98. The van der Waals surface area contributed by atoms with E-state index in [4.69, 9.17) is 16.3 Å². The van der Waals surface area contributed by atoms with E-state index < -0.39 is 0 Å². The minimum absolute atomic E-state index is 0.0201. The molecule has 4 rings (SSSR count). The number of carbonyl (C=O) groups excluding carboxylic acids is 1. The maximum absolute atomic E-state index is 13.4. The summed E-state index contributed by atoms with van der Waals surface area (Å²) in [6.07, 6.45) is 0.826. The SMILES string of the molecule is COc1cccc(C(=O)N2CCc3ccccc3[C@H]2c2ccccc2Cl)c1. The number of methoxy groups -OCH3 is 1. The molecule has 0 spiro atoms. The number of amides is 1. The Hall–Kier alpha value is -2.78. The Morgan fingerprint density at radius 1 is 1.00 bits per heavy atom. The number of halogens is 1. The molecule has 0 bridgehead atoms. The van der Waals surface area contributed by atoms with Crippen LogP contribution in [0.2, 0.25) is 5.02 Å². The van der Waals surface area contributed by atoms with E-state index in [0.29, 0.717) is 22.9 Å². The van der Waals surface area contributed by atoms with E-state index in [1.54, 1.807) is 13.2 Å². The Morgan fingerprint density at radius 2 is 1.74 bits per heavy atom. The molecule has 1 heterocycles. The zero-order valence-corrected chi connectivity index (χ0v) is 15.8. The zero-order chi connectivity index (χ0) is 18.8. The highest BCUT2D eigenvalue weighted by Gasteiger charge is 2.33. The number of carbonyl (C=O) groups is 1. The standard InChI is InChI=1S/C23H20ClNO2/c1-27-18-9-6-8-17(15-18)23(26)25-14-13-16-7-2-3-10-19(16)22(25)20-11-4-5-12-21(20)24/h2-12,15,22H,13-14H2,1H3/t22-/m0/s1. The highest BCUT2D eigenvalue weighted by molar-refractivity contribution is 6.31. The quantitative estimate of drug-likeness (QED) is 0.632. The van der Waals surface area contributed by atoms with Gasteiger partial charge in [-0.3, -0.25) is 4.79 Å². The monoisotopic (exact) mass is 377 g/mol. The smallest absolute Gasteiger partial charge is 0.254 e. The minimum atomic E-state index is -0.206. The summed E-state index contributed by atoms with van der Waals surface area (Å²) in [4.78, 5) is 15.3. The molecule has 1 aliphatic heterocycles. The summed E-state index contributed by atoms with van der Waals surface area (Å²) in [5.74, 6) is 0.654. The molecule has 0 radical (unpaired) electrons. The van der Waals surface area contributed by atoms with Gasteiger partial charge in [0.2, 0.25) is 0 Å². The van der Waals surface area contributed by atoms with Crippen LogP contribution < -0.4 is 4.74 Å². The second-order valence-corrected chi connectivity index (χ2v) is 7.01. The molecule has 4 heteroatoms. The average Bonchev–Trinajstić information content (AvgIpc) is 2.73. The van der Waals surface area contributed by atoms with Gasteiger partial charge in [-0.05, 0) is 47.4 Å². The summed E-state index contributed by atoms with van der Waals surface area (Å²) in [6.45, 7) is 0.642. The van der Waals surface area contributed by atoms with Crippen LogP contribution in [-0.4, -0.2) is 24.5 Å². The van der Waals surface area contributed by atoms with Crippen molar-refractivity contribution in [3.05, 3.63) is 100 Å². The first-order valence-corrected chi connectivity index (χ1v) is 9.34. The van der Waals surface area contributed by atoms with Crippen molar-refractivity contribution in [1.29, 1.82) is 0 Å². The van der Waals surface area contributed by atoms with Gasteiger partial charge >= 0.3 is 0 Å². The third-order valence-electron chi connectivity index (χ3n) is 5.06. The van der Waals surface area contributed by atoms with Gasteiger partial charge in [-0.25, -0.2) is 0 Å². The molecule has 0 fully saturated rings. The predicted octanol–water partition coefficient (Wildman–Crippen LogP) is 5.14. The third-order valence-corrected chi connectivity index (χ3v) is 5.40. The van der Waals surface area contributed by atoms with Crippen LogP contribution in [0.3, 0.4) is 0 Å². The summed E-state index contributed by atoms with van der Waals surface area (Å²) in [5.41, 5.74) is 3.96. The molecular weight excluding hydrogens is 358 g/mol. The average molecular weight is 378 g/mol. The number of ether oxygens (including phenoxy) is 1. The molecule has 0 saturated heterocycles. The van der Waals surface area contributed by atoms with Gasteiger partial charge in [0.05, 0.1) is 13.2 Å². The fraction of sp³-hybridized carbons (Fsp3) is 0.174. The summed E-state index contributed by atoms with van der Waals surface area (Å²) in [7, 11) is 1.60. The largest absolute Gasteiger partial charge is 0.497 e. The molecule has 3 nitrogen and oxygen atoms in total. The van der Waals surface area contributed by atoms with Gasteiger partial charge in [0.25, 0.3) is 5.91 Å². The van der Waals surface area contributed by atoms with Crippen molar-refractivity contribution in [2.75, 3.05) is 13.7 Å². The van der Waals surface area contributed by atoms with Crippen molar-refractivity contribution in [2.24, 2.45) is 0 Å². The maximum atomic E-state index is 13.4. The van der Waals surface area contributed by atoms with Gasteiger partial charge in [0.15, 0.2) is 0 Å². The van der Waals surface area contributed by atoms with Gasteiger partial charge in [0.1, 0.15) is 5.75 Å². The van der Waals surface area contributed by atoms with Gasteiger partial charge in [0, 0.05) is 17.1 Å². The minimum Gasteiger partial charge on any atom is -0.497 e. The lowest BCUT2D eigenvalue weighted by atomic mass is 9.87. The molecule has 0 saturated carbocycles. The molecule has 0 aromatic heterocycles. The van der Waals surface area contributed by atoms with E-state index in [1.165, 1.54) is 5.56 Å². The molecule has 3 aromatic carbocycles. The third kappa shape index (κ3) is 3.31. The van der Waals surface area contributed by atoms with Crippen LogP contribution in [-0.2, 0) is 6.42 Å². The van der Waals surface area contributed by atoms with Crippen LogP contribution in [0.15, 0.2) is 72.8 Å². The topological polar surface area (TPSA) is 29.5 Å². The first kappa shape index (κ1) is 17.6. The molecule has 1 atom stereocenters. The number of rotatable bonds is 3. The predicted molar refractivity (Wildman–Crippen MR) is 107 cm³/mol. The van der Waals surface area contributed by atoms with E-state index in [-0.39, 0.29) is 11.9 Å². The molecule has 27 heavy (non-hydrogen) atoms. The van der Waals surface area contributed by atoms with Gasteiger partial charge in [-0.2, -0.15) is 0 Å². The molecule has 3 aromatic rings. The van der Waals surface area contributed by atoms with Crippen molar-refractivity contribution in [1.82, 2.24) is 4.90 Å². The maximum Gasteiger partial charge on any atom is 0.254 e. The van der Waals surface area contributed by atoms with Crippen LogP contribution in [0.5, 0.6) is 5.75 Å². The fourth-order valence-electron chi connectivity index (χ4n) is 3.74. The van der Waals surface area contributed by atoms with Gasteiger partial charge in [-0.1, -0.05) is 60.1 Å². The summed E-state index contributed by atoms with van der Waals surface area (Å²) >= 11 is 6.53. The van der Waals surface area contributed by atoms with Crippen LogP contribution in [0.25, 0.3) is 0 Å². The van der Waals surface area contributed by atoms with Crippen molar-refractivity contribution < 1.29 is 9.53 Å². The number of hydrogen-bond acceptors (Lipinski definition) is 2. The lowest BCUT2D eigenvalue weighted by molar-refractivity contribution is 0.0694. The number of nitrogens with zero attached hydrogens (tertiary/aromatic N) is 1. The Kier molecular flexibility index (Phi) is 4.87. The van der Waals surface area contributed by atoms with Crippen molar-refractivity contribution in [3.63, 3.8) is 0 Å². The van der Waals surface area contributed by atoms with Crippen LogP contribution >= 0.6 is 11.6 Å². The zero-order valence-electron chi connectivity index (χ0n) is 15.1. The highest BCUT2D eigenvalue weighted by atomic mass is 35.5. The van der Waals surface area contributed by atoms with E-state index >= 15 is 0 Å². The highest BCUT2D eigenvalue weighted by Crippen LogP contribution is 2.39. The van der Waals surface area contributed by atoms with Gasteiger partial charge < -0.3 is 9.64 Å². The molecule has 0 N–H and O–H groups in total. The van der Waals surface area contributed by atoms with Gasteiger partial charge in [-0.15, -0.1) is 0 Å². The number of benzene rings is 3. The lowest BCUT2D eigenvalue weighted by Crippen LogP contribution is -2.40. The Morgan fingerprint density at radius 3 is 2.52 bits per heavy atom. The summed E-state index contributed by atoms with van der Waals surface area (Å²) in [5, 5.41) is 0.669. The second-order valence-electron chi connectivity index (χ2n) is 6.60. The van der Waals surface area contributed by atoms with E-state index in [9.17, 15) is 4.79 Å². The normalized spacial score (nSPS) is 15.9. The molecule has 0 unspecified atom stereocenters. The van der Waals surface area contributed by atoms with Crippen LogP contribution in [0, 0.1) is 0 Å². The number of hydrogen-bond donors (Lipinski definition) is 0. The molecular formula is C23H20ClNO2. The number of fused-ring (bicyclic) bond motifs is 1. The first-order chi connectivity index (χ1) is 13.2. The Balaban J connectivity index is 1.81.